The first-order chi connectivity index (χ1) is 15.2. The van der Waals surface area contributed by atoms with Crippen LogP contribution >= 0.6 is 11.8 Å². The highest BCUT2D eigenvalue weighted by atomic mass is 32.2. The van der Waals surface area contributed by atoms with Crippen LogP contribution in [0.4, 0.5) is 8.78 Å². The lowest BCUT2D eigenvalue weighted by Crippen LogP contribution is -2.16. The maximum Gasteiger partial charge on any atom is 0.387 e. The number of nitrogens with two attached hydrogens (primary N) is 1. The summed E-state index contributed by atoms with van der Waals surface area (Å²) in [7, 11) is 1.39. The highest BCUT2D eigenvalue weighted by molar-refractivity contribution is 7.98. The minimum absolute atomic E-state index is 0.0202. The highest BCUT2D eigenvalue weighted by Gasteiger charge is 2.15. The number of benzene rings is 2. The maximum absolute atomic E-state index is 12.5. The fraction of sp³-hybridized carbons (Fsp3) is 0.364. The molecule has 0 aliphatic rings. The molecular weight excluding hydrogens is 438 g/mol. The van der Waals surface area contributed by atoms with Gasteiger partial charge in [0.25, 0.3) is 0 Å². The average Bonchev–Trinajstić information content (AvgIpc) is 3.10. The number of ether oxygens (including phenoxy) is 3. The van der Waals surface area contributed by atoms with E-state index in [-0.39, 0.29) is 23.5 Å². The van der Waals surface area contributed by atoms with E-state index in [2.05, 4.69) is 35.7 Å². The molecule has 1 heterocycles. The molecule has 3 rings (SSSR count). The normalized spacial score (nSPS) is 11.6. The van der Waals surface area contributed by atoms with Crippen LogP contribution < -0.4 is 20.1 Å². The van der Waals surface area contributed by atoms with Gasteiger partial charge in [-0.1, -0.05) is 50.7 Å². The van der Waals surface area contributed by atoms with Gasteiger partial charge < -0.3 is 20.1 Å². The number of aromatic nitrogens is 3. The summed E-state index contributed by atoms with van der Waals surface area (Å²) >= 11 is 1.35. The lowest BCUT2D eigenvalue weighted by Gasteiger charge is -2.19. The molecular formula is C22H26F2N4O3S. The van der Waals surface area contributed by atoms with E-state index in [0.717, 1.165) is 5.56 Å². The Balaban J connectivity index is 1.59. The van der Waals surface area contributed by atoms with Crippen LogP contribution in [0, 0.1) is 0 Å². The van der Waals surface area contributed by atoms with Gasteiger partial charge in [0.05, 0.1) is 7.11 Å². The molecule has 7 nitrogen and oxygen atoms in total. The number of rotatable bonds is 9. The molecule has 0 atom stereocenters. The topological polar surface area (TPSA) is 84.4 Å². The Morgan fingerprint density at radius 2 is 1.78 bits per heavy atom. The summed E-state index contributed by atoms with van der Waals surface area (Å²) in [6.45, 7) is 3.71. The standard InChI is InChI=1S/C22H26F2N4O3S/c1-22(2,3)15-6-8-16(9-7-15)30-12-19-26-27-21(28(19)25)32-13-14-5-10-17(31-20(23)24)18(11-14)29-4/h5-11,20H,12-13,25H2,1-4H3. The molecule has 0 bridgehead atoms. The van der Waals surface area contributed by atoms with Gasteiger partial charge >= 0.3 is 6.61 Å². The average molecular weight is 465 g/mol. The Morgan fingerprint density at radius 1 is 1.06 bits per heavy atom. The number of thioether (sulfide) groups is 1. The van der Waals surface area contributed by atoms with Gasteiger partial charge in [0.2, 0.25) is 5.16 Å². The minimum atomic E-state index is -2.92. The van der Waals surface area contributed by atoms with Crippen molar-refractivity contribution in [2.24, 2.45) is 0 Å². The van der Waals surface area contributed by atoms with Gasteiger partial charge in [-0.2, -0.15) is 8.78 Å². The lowest BCUT2D eigenvalue weighted by molar-refractivity contribution is -0.0512. The fourth-order valence-corrected chi connectivity index (χ4v) is 3.66. The molecule has 0 saturated carbocycles. The number of alkyl halides is 2. The third-order valence-corrected chi connectivity index (χ3v) is 5.65. The molecule has 0 fully saturated rings. The number of nitrogen functional groups attached to an aromatic ring is 1. The van der Waals surface area contributed by atoms with E-state index in [4.69, 9.17) is 15.3 Å². The second kappa shape index (κ2) is 10.1. The van der Waals surface area contributed by atoms with E-state index in [1.165, 1.54) is 35.2 Å². The Hall–Kier alpha value is -3.01. The molecule has 3 aromatic rings. The molecule has 0 amide bonds. The molecule has 0 aliphatic heterocycles. The zero-order valence-electron chi connectivity index (χ0n) is 18.3. The summed E-state index contributed by atoms with van der Waals surface area (Å²) in [6.07, 6.45) is 0. The number of methoxy groups -OCH3 is 1. The fourth-order valence-electron chi connectivity index (χ4n) is 2.85. The van der Waals surface area contributed by atoms with Gasteiger partial charge in [-0.25, -0.2) is 4.68 Å². The van der Waals surface area contributed by atoms with E-state index >= 15 is 0 Å². The van der Waals surface area contributed by atoms with E-state index in [1.807, 2.05) is 24.3 Å². The highest BCUT2D eigenvalue weighted by Crippen LogP contribution is 2.32. The summed E-state index contributed by atoms with van der Waals surface area (Å²) in [4.78, 5) is 0. The van der Waals surface area contributed by atoms with Crippen LogP contribution in [-0.4, -0.2) is 28.6 Å². The number of hydrogen-bond donors (Lipinski definition) is 1. The van der Waals surface area contributed by atoms with Crippen molar-refractivity contribution in [3.63, 3.8) is 0 Å². The van der Waals surface area contributed by atoms with Gasteiger partial charge in [0.15, 0.2) is 17.3 Å². The van der Waals surface area contributed by atoms with Crippen molar-refractivity contribution in [3.8, 4) is 17.2 Å². The van der Waals surface area contributed by atoms with Crippen LogP contribution in [-0.2, 0) is 17.8 Å². The predicted molar refractivity (Wildman–Crippen MR) is 119 cm³/mol. The van der Waals surface area contributed by atoms with Crippen LogP contribution in [0.25, 0.3) is 0 Å². The summed E-state index contributed by atoms with van der Waals surface area (Å²) in [5.74, 6) is 7.99. The van der Waals surface area contributed by atoms with Crippen LogP contribution in [0.2, 0.25) is 0 Å². The molecule has 2 aromatic carbocycles. The lowest BCUT2D eigenvalue weighted by atomic mass is 9.87. The molecule has 0 unspecified atom stereocenters. The second-order valence-electron chi connectivity index (χ2n) is 7.98. The van der Waals surface area contributed by atoms with Gasteiger partial charge in [0, 0.05) is 5.75 Å². The van der Waals surface area contributed by atoms with Crippen molar-refractivity contribution in [2.45, 2.75) is 50.3 Å². The van der Waals surface area contributed by atoms with Crippen LogP contribution in [0.5, 0.6) is 17.2 Å². The zero-order valence-corrected chi connectivity index (χ0v) is 19.2. The van der Waals surface area contributed by atoms with Crippen molar-refractivity contribution in [1.82, 2.24) is 14.9 Å². The molecule has 0 spiro atoms. The van der Waals surface area contributed by atoms with Gasteiger partial charge in [-0.3, -0.25) is 0 Å². The number of nitrogens with zero attached hydrogens (tertiary/aromatic N) is 3. The Morgan fingerprint density at radius 3 is 2.41 bits per heavy atom. The predicted octanol–water partition coefficient (Wildman–Crippen LogP) is 4.77. The summed E-state index contributed by atoms with van der Waals surface area (Å²) in [5.41, 5.74) is 2.12. The quantitative estimate of drug-likeness (QED) is 0.361. The van der Waals surface area contributed by atoms with E-state index in [1.54, 1.807) is 12.1 Å². The van der Waals surface area contributed by atoms with Crippen molar-refractivity contribution >= 4 is 11.8 Å². The summed E-state index contributed by atoms with van der Waals surface area (Å²) in [5, 5.41) is 8.70. The Labute approximate surface area is 189 Å². The molecule has 1 aromatic heterocycles. The Kier molecular flexibility index (Phi) is 7.44. The van der Waals surface area contributed by atoms with Crippen LogP contribution in [0.3, 0.4) is 0 Å². The Bertz CT molecular complexity index is 1040. The van der Waals surface area contributed by atoms with Crippen LogP contribution in [0.15, 0.2) is 47.6 Å². The SMILES string of the molecule is COc1cc(CSc2nnc(COc3ccc(C(C)(C)C)cc3)n2N)ccc1OC(F)F. The molecule has 32 heavy (non-hydrogen) atoms. The van der Waals surface area contributed by atoms with Crippen molar-refractivity contribution in [1.29, 1.82) is 0 Å². The molecule has 10 heteroatoms. The molecule has 172 valence electrons. The third-order valence-electron chi connectivity index (χ3n) is 4.64. The molecule has 0 radical (unpaired) electrons. The number of hydrogen-bond acceptors (Lipinski definition) is 7. The summed E-state index contributed by atoms with van der Waals surface area (Å²) < 4.78 is 41.7. The monoisotopic (exact) mass is 464 g/mol. The van der Waals surface area contributed by atoms with Crippen molar-refractivity contribution in [3.05, 3.63) is 59.4 Å². The van der Waals surface area contributed by atoms with E-state index in [9.17, 15) is 8.78 Å². The first kappa shape index (κ1) is 23.6. The largest absolute Gasteiger partial charge is 0.493 e. The maximum atomic E-state index is 12.5. The van der Waals surface area contributed by atoms with Gasteiger partial charge in [-0.15, -0.1) is 10.2 Å². The molecule has 2 N–H and O–H groups in total. The first-order valence-electron chi connectivity index (χ1n) is 9.84. The minimum Gasteiger partial charge on any atom is -0.493 e. The first-order valence-corrected chi connectivity index (χ1v) is 10.8. The molecule has 0 aliphatic carbocycles. The van der Waals surface area contributed by atoms with E-state index in [0.29, 0.717) is 22.5 Å². The zero-order chi connectivity index (χ0) is 23.3. The summed E-state index contributed by atoms with van der Waals surface area (Å²) in [6, 6.07) is 12.7. The van der Waals surface area contributed by atoms with Gasteiger partial charge in [-0.05, 0) is 40.8 Å². The van der Waals surface area contributed by atoms with Gasteiger partial charge in [0.1, 0.15) is 12.4 Å². The smallest absolute Gasteiger partial charge is 0.387 e. The molecule has 0 saturated heterocycles. The van der Waals surface area contributed by atoms with Crippen LogP contribution in [0.1, 0.15) is 37.7 Å². The van der Waals surface area contributed by atoms with Crippen molar-refractivity contribution in [2.75, 3.05) is 13.0 Å². The number of halogens is 2. The second-order valence-corrected chi connectivity index (χ2v) is 8.93. The van der Waals surface area contributed by atoms with E-state index < -0.39 is 6.61 Å². The van der Waals surface area contributed by atoms with Crippen molar-refractivity contribution < 1.29 is 23.0 Å². The third kappa shape index (κ3) is 6.03.